The molecule has 0 fully saturated rings. The van der Waals surface area contributed by atoms with Crippen molar-refractivity contribution in [1.82, 2.24) is 5.43 Å². The van der Waals surface area contributed by atoms with Gasteiger partial charge >= 0.3 is 0 Å². The second-order valence-electron chi connectivity index (χ2n) is 5.16. The maximum absolute atomic E-state index is 11.7. The van der Waals surface area contributed by atoms with Crippen LogP contribution in [0, 0.1) is 13.8 Å². The molecule has 0 spiro atoms. The molecule has 7 heteroatoms. The number of hydrogen-bond acceptors (Lipinski definition) is 4. The van der Waals surface area contributed by atoms with Crippen LogP contribution < -0.4 is 10.2 Å². The van der Waals surface area contributed by atoms with Crippen LogP contribution >= 0.6 is 23.2 Å². The molecule has 126 valence electrons. The van der Waals surface area contributed by atoms with Crippen molar-refractivity contribution in [2.75, 3.05) is 6.61 Å². The van der Waals surface area contributed by atoms with Crippen LogP contribution in [0.15, 0.2) is 35.4 Å². The fraction of sp³-hybridized carbons (Fsp3) is 0.176. The van der Waals surface area contributed by atoms with Gasteiger partial charge in [-0.05, 0) is 60.9 Å². The van der Waals surface area contributed by atoms with Gasteiger partial charge in [-0.15, -0.1) is 0 Å². The summed E-state index contributed by atoms with van der Waals surface area (Å²) in [5.74, 6) is 0.193. The van der Waals surface area contributed by atoms with Gasteiger partial charge in [0.25, 0.3) is 5.91 Å². The summed E-state index contributed by atoms with van der Waals surface area (Å²) in [7, 11) is 0. The lowest BCUT2D eigenvalue weighted by molar-refractivity contribution is -0.123. The zero-order valence-electron chi connectivity index (χ0n) is 13.1. The van der Waals surface area contributed by atoms with Crippen LogP contribution in [0.3, 0.4) is 0 Å². The van der Waals surface area contributed by atoms with E-state index >= 15 is 0 Å². The third-order valence-corrected chi connectivity index (χ3v) is 3.70. The largest absolute Gasteiger partial charge is 0.507 e. The number of halogens is 2. The quantitative estimate of drug-likeness (QED) is 0.623. The van der Waals surface area contributed by atoms with Gasteiger partial charge in [-0.1, -0.05) is 23.2 Å². The SMILES string of the molecule is Cc1cc(/C=N/NC(=O)COc2ccc(Cl)cc2Cl)cc(C)c1O. The Bertz CT molecular complexity index is 768. The molecule has 0 aliphatic carbocycles. The summed E-state index contributed by atoms with van der Waals surface area (Å²) in [5.41, 5.74) is 4.61. The highest BCUT2D eigenvalue weighted by Gasteiger charge is 2.06. The molecule has 2 rings (SSSR count). The minimum absolute atomic E-state index is 0.230. The number of aromatic hydroxyl groups is 1. The van der Waals surface area contributed by atoms with Gasteiger partial charge in [0.2, 0.25) is 0 Å². The highest BCUT2D eigenvalue weighted by molar-refractivity contribution is 6.35. The van der Waals surface area contributed by atoms with Crippen LogP contribution in [-0.2, 0) is 4.79 Å². The smallest absolute Gasteiger partial charge is 0.277 e. The predicted octanol–water partition coefficient (Wildman–Crippen LogP) is 3.84. The molecule has 24 heavy (non-hydrogen) atoms. The number of benzene rings is 2. The number of phenols is 1. The molecule has 0 bridgehead atoms. The average molecular weight is 367 g/mol. The Morgan fingerprint density at radius 2 is 1.92 bits per heavy atom. The number of carbonyl (C=O) groups is 1. The Morgan fingerprint density at radius 1 is 1.25 bits per heavy atom. The molecule has 2 N–H and O–H groups in total. The zero-order chi connectivity index (χ0) is 17.7. The molecule has 1 amide bonds. The van der Waals surface area contributed by atoms with Crippen LogP contribution in [0.25, 0.3) is 0 Å². The normalized spacial score (nSPS) is 10.8. The van der Waals surface area contributed by atoms with Gasteiger partial charge in [-0.3, -0.25) is 4.79 Å². The van der Waals surface area contributed by atoms with Gasteiger partial charge in [0.1, 0.15) is 11.5 Å². The third-order valence-electron chi connectivity index (χ3n) is 3.17. The average Bonchev–Trinajstić information content (AvgIpc) is 2.51. The Balaban J connectivity index is 1.89. The Morgan fingerprint density at radius 3 is 2.54 bits per heavy atom. The molecule has 0 radical (unpaired) electrons. The minimum atomic E-state index is -0.426. The highest BCUT2D eigenvalue weighted by atomic mass is 35.5. The van der Waals surface area contributed by atoms with Crippen molar-refractivity contribution in [2.24, 2.45) is 5.10 Å². The van der Waals surface area contributed by atoms with E-state index in [1.807, 2.05) is 0 Å². The summed E-state index contributed by atoms with van der Waals surface area (Å²) >= 11 is 11.7. The number of hydrogen-bond donors (Lipinski definition) is 2. The second-order valence-corrected chi connectivity index (χ2v) is 6.00. The van der Waals surface area contributed by atoms with E-state index in [0.29, 0.717) is 15.8 Å². The first-order valence-corrected chi connectivity index (χ1v) is 7.82. The number of amides is 1. The van der Waals surface area contributed by atoms with Crippen LogP contribution in [0.4, 0.5) is 0 Å². The Labute approximate surface area is 149 Å². The molecule has 0 aromatic heterocycles. The molecule has 0 saturated carbocycles. The van der Waals surface area contributed by atoms with E-state index in [4.69, 9.17) is 27.9 Å². The van der Waals surface area contributed by atoms with Crippen LogP contribution in [0.1, 0.15) is 16.7 Å². The first-order chi connectivity index (χ1) is 11.4. The van der Waals surface area contributed by atoms with Gasteiger partial charge in [0, 0.05) is 5.02 Å². The monoisotopic (exact) mass is 366 g/mol. The lowest BCUT2D eigenvalue weighted by Crippen LogP contribution is -2.24. The minimum Gasteiger partial charge on any atom is -0.507 e. The number of ether oxygens (including phenoxy) is 1. The molecule has 0 unspecified atom stereocenters. The van der Waals surface area contributed by atoms with E-state index in [2.05, 4.69) is 10.5 Å². The summed E-state index contributed by atoms with van der Waals surface area (Å²) in [6.07, 6.45) is 1.49. The fourth-order valence-electron chi connectivity index (χ4n) is 2.01. The molecule has 2 aromatic rings. The second kappa shape index (κ2) is 8.04. The summed E-state index contributed by atoms with van der Waals surface area (Å²) in [6, 6.07) is 8.27. The molecule has 0 aliphatic rings. The third kappa shape index (κ3) is 4.88. The van der Waals surface area contributed by atoms with Gasteiger partial charge in [0.05, 0.1) is 11.2 Å². The lowest BCUT2D eigenvalue weighted by Gasteiger charge is -2.07. The molecular weight excluding hydrogens is 351 g/mol. The van der Waals surface area contributed by atoms with E-state index < -0.39 is 5.91 Å². The number of rotatable bonds is 5. The van der Waals surface area contributed by atoms with E-state index in [1.165, 1.54) is 12.3 Å². The van der Waals surface area contributed by atoms with Crippen molar-refractivity contribution >= 4 is 35.3 Å². The van der Waals surface area contributed by atoms with Crippen LogP contribution in [0.5, 0.6) is 11.5 Å². The number of phenolic OH excluding ortho intramolecular Hbond substituents is 1. The lowest BCUT2D eigenvalue weighted by atomic mass is 10.1. The van der Waals surface area contributed by atoms with Crippen molar-refractivity contribution in [3.05, 3.63) is 57.1 Å². The molecule has 5 nitrogen and oxygen atoms in total. The molecule has 0 aliphatic heterocycles. The van der Waals surface area contributed by atoms with Gasteiger partial charge < -0.3 is 9.84 Å². The summed E-state index contributed by atoms with van der Waals surface area (Å²) in [5, 5.41) is 14.4. The first-order valence-electron chi connectivity index (χ1n) is 7.07. The standard InChI is InChI=1S/C17H16Cl2N2O3/c1-10-5-12(6-11(2)17(10)23)8-20-21-16(22)9-24-15-4-3-13(18)7-14(15)19/h3-8,23H,9H2,1-2H3,(H,21,22)/b20-8+. The number of hydrazone groups is 1. The molecule has 0 saturated heterocycles. The molecular formula is C17H16Cl2N2O3. The number of carbonyl (C=O) groups excluding carboxylic acids is 1. The number of aryl methyl sites for hydroxylation is 2. The Kier molecular flexibility index (Phi) is 6.06. The molecule has 0 heterocycles. The highest BCUT2D eigenvalue weighted by Crippen LogP contribution is 2.27. The summed E-state index contributed by atoms with van der Waals surface area (Å²) < 4.78 is 5.30. The summed E-state index contributed by atoms with van der Waals surface area (Å²) in [6.45, 7) is 3.36. The van der Waals surface area contributed by atoms with E-state index in [9.17, 15) is 9.90 Å². The summed E-state index contributed by atoms with van der Waals surface area (Å²) in [4.78, 5) is 11.7. The predicted molar refractivity (Wildman–Crippen MR) is 95.3 cm³/mol. The van der Waals surface area contributed by atoms with Crippen molar-refractivity contribution in [1.29, 1.82) is 0 Å². The van der Waals surface area contributed by atoms with E-state index in [0.717, 1.165) is 16.7 Å². The zero-order valence-corrected chi connectivity index (χ0v) is 14.6. The van der Waals surface area contributed by atoms with Crippen molar-refractivity contribution in [3.8, 4) is 11.5 Å². The number of nitrogens with zero attached hydrogens (tertiary/aromatic N) is 1. The van der Waals surface area contributed by atoms with E-state index in [-0.39, 0.29) is 12.4 Å². The fourth-order valence-corrected chi connectivity index (χ4v) is 2.47. The Hall–Kier alpha value is -2.24. The topological polar surface area (TPSA) is 70.9 Å². The van der Waals surface area contributed by atoms with Gasteiger partial charge in [-0.25, -0.2) is 5.43 Å². The van der Waals surface area contributed by atoms with Crippen molar-refractivity contribution in [3.63, 3.8) is 0 Å². The van der Waals surface area contributed by atoms with Gasteiger partial charge in [-0.2, -0.15) is 5.10 Å². The molecule has 2 aromatic carbocycles. The molecule has 0 atom stereocenters. The van der Waals surface area contributed by atoms with E-state index in [1.54, 1.807) is 38.1 Å². The van der Waals surface area contributed by atoms with Crippen molar-refractivity contribution < 1.29 is 14.6 Å². The van der Waals surface area contributed by atoms with Gasteiger partial charge in [0.15, 0.2) is 6.61 Å². The first kappa shape index (κ1) is 18.1. The maximum atomic E-state index is 11.7. The van der Waals surface area contributed by atoms with Crippen molar-refractivity contribution in [2.45, 2.75) is 13.8 Å². The van der Waals surface area contributed by atoms with Crippen LogP contribution in [-0.4, -0.2) is 23.8 Å². The maximum Gasteiger partial charge on any atom is 0.277 e. The van der Waals surface area contributed by atoms with Crippen LogP contribution in [0.2, 0.25) is 10.0 Å². The number of nitrogens with one attached hydrogen (secondary N) is 1.